The zero-order chi connectivity index (χ0) is 7.98. The Morgan fingerprint density at radius 3 is 2.10 bits per heavy atom. The highest BCUT2D eigenvalue weighted by Gasteiger charge is 1.85. The van der Waals surface area contributed by atoms with Crippen LogP contribution in [0.1, 0.15) is 18.2 Å². The van der Waals surface area contributed by atoms with Crippen LogP contribution in [0.3, 0.4) is 0 Å². The fraction of sp³-hybridized carbons (Fsp3) is 0.500. The van der Waals surface area contributed by atoms with Crippen molar-refractivity contribution >= 4 is 0 Å². The maximum atomic E-state index is 7.57. The van der Waals surface area contributed by atoms with E-state index in [1.165, 1.54) is 11.3 Å². The van der Waals surface area contributed by atoms with E-state index in [9.17, 15) is 0 Å². The van der Waals surface area contributed by atoms with Crippen LogP contribution < -0.4 is 0 Å². The van der Waals surface area contributed by atoms with Crippen LogP contribution in [0, 0.1) is 13.8 Å². The third-order valence-corrected chi connectivity index (χ3v) is 1.22. The topological polar surface area (TPSA) is 36.0 Å². The minimum Gasteiger partial charge on any atom is -0.397 e. The molecule has 0 bridgehead atoms. The van der Waals surface area contributed by atoms with Crippen molar-refractivity contribution in [3.63, 3.8) is 0 Å². The Kier molecular flexibility index (Phi) is 4.67. The Bertz CT molecular complexity index is 153. The fourth-order valence-corrected chi connectivity index (χ4v) is 0.531. The van der Waals surface area contributed by atoms with Crippen LogP contribution in [-0.4, -0.2) is 16.7 Å². The van der Waals surface area contributed by atoms with Crippen molar-refractivity contribution in [2.45, 2.75) is 20.8 Å². The molecule has 58 valence electrons. The quantitative estimate of drug-likeness (QED) is 0.566. The maximum Gasteiger partial charge on any atom is 0.0402 e. The summed E-state index contributed by atoms with van der Waals surface area (Å²) in [6, 6.07) is 2.06. The molecule has 0 spiro atoms. The number of hydrogen-bond acceptors (Lipinski definition) is 1. The molecule has 0 saturated heterocycles. The van der Waals surface area contributed by atoms with E-state index < -0.39 is 0 Å². The van der Waals surface area contributed by atoms with E-state index in [0.717, 1.165) is 0 Å². The Labute approximate surface area is 61.9 Å². The molecule has 0 aliphatic rings. The minimum absolute atomic E-state index is 0.250. The van der Waals surface area contributed by atoms with Gasteiger partial charge in [0.15, 0.2) is 0 Å². The van der Waals surface area contributed by atoms with Gasteiger partial charge in [-0.3, -0.25) is 0 Å². The van der Waals surface area contributed by atoms with Gasteiger partial charge in [-0.1, -0.05) is 0 Å². The normalized spacial score (nSPS) is 8.40. The van der Waals surface area contributed by atoms with Gasteiger partial charge in [0, 0.05) is 18.5 Å². The molecule has 2 N–H and O–H groups in total. The molecule has 2 nitrogen and oxygen atoms in total. The second kappa shape index (κ2) is 5.06. The highest BCUT2D eigenvalue weighted by atomic mass is 16.2. The van der Waals surface area contributed by atoms with Gasteiger partial charge in [-0.05, 0) is 32.4 Å². The summed E-state index contributed by atoms with van der Waals surface area (Å²) in [6.07, 6.45) is 1.95. The number of aryl methyl sites for hydroxylation is 2. The smallest absolute Gasteiger partial charge is 0.0402 e. The molecule has 0 aliphatic carbocycles. The number of aromatic amines is 1. The molecule has 0 aromatic carbocycles. The van der Waals surface area contributed by atoms with E-state index >= 15 is 0 Å². The second-order valence-corrected chi connectivity index (χ2v) is 2.10. The van der Waals surface area contributed by atoms with Crippen LogP contribution in [0.2, 0.25) is 0 Å². The molecule has 0 saturated carbocycles. The summed E-state index contributed by atoms with van der Waals surface area (Å²) in [7, 11) is 0. The predicted octanol–water partition coefficient (Wildman–Crippen LogP) is 1.63. The SMILES string of the molecule is CCO.Cc1cc[nH]c1C. The Hall–Kier alpha value is -0.760. The third-order valence-electron chi connectivity index (χ3n) is 1.22. The van der Waals surface area contributed by atoms with Crippen molar-refractivity contribution < 1.29 is 5.11 Å². The minimum atomic E-state index is 0.250. The van der Waals surface area contributed by atoms with E-state index in [-0.39, 0.29) is 6.61 Å². The van der Waals surface area contributed by atoms with Gasteiger partial charge in [-0.15, -0.1) is 0 Å². The lowest BCUT2D eigenvalue weighted by molar-refractivity contribution is 0.318. The number of aliphatic hydroxyl groups excluding tert-OH is 1. The lowest BCUT2D eigenvalue weighted by Crippen LogP contribution is -1.69. The molecule has 1 rings (SSSR count). The number of aromatic nitrogens is 1. The second-order valence-electron chi connectivity index (χ2n) is 2.10. The molecule has 0 aliphatic heterocycles. The van der Waals surface area contributed by atoms with Crippen LogP contribution >= 0.6 is 0 Å². The molecule has 0 atom stereocenters. The van der Waals surface area contributed by atoms with E-state index in [4.69, 9.17) is 5.11 Å². The molecule has 1 aromatic heterocycles. The van der Waals surface area contributed by atoms with Gasteiger partial charge in [0.2, 0.25) is 0 Å². The third kappa shape index (κ3) is 3.30. The van der Waals surface area contributed by atoms with Gasteiger partial charge in [-0.25, -0.2) is 0 Å². The highest BCUT2D eigenvalue weighted by Crippen LogP contribution is 1.99. The number of H-pyrrole nitrogens is 1. The summed E-state index contributed by atoms with van der Waals surface area (Å²) >= 11 is 0. The molecular weight excluding hydrogens is 126 g/mol. The number of aliphatic hydroxyl groups is 1. The molecule has 0 radical (unpaired) electrons. The Morgan fingerprint density at radius 1 is 1.50 bits per heavy atom. The lowest BCUT2D eigenvalue weighted by Gasteiger charge is -1.81. The predicted molar refractivity (Wildman–Crippen MR) is 43.0 cm³/mol. The molecule has 1 aromatic rings. The van der Waals surface area contributed by atoms with E-state index in [2.05, 4.69) is 24.9 Å². The summed E-state index contributed by atoms with van der Waals surface area (Å²) in [5.41, 5.74) is 2.60. The maximum absolute atomic E-state index is 7.57. The molecule has 10 heavy (non-hydrogen) atoms. The van der Waals surface area contributed by atoms with Gasteiger partial charge in [0.1, 0.15) is 0 Å². The molecule has 0 amide bonds. The number of rotatable bonds is 0. The van der Waals surface area contributed by atoms with Crippen LogP contribution in [0.5, 0.6) is 0 Å². The van der Waals surface area contributed by atoms with Crippen LogP contribution in [-0.2, 0) is 0 Å². The first-order valence-corrected chi connectivity index (χ1v) is 3.43. The lowest BCUT2D eigenvalue weighted by atomic mass is 10.3. The van der Waals surface area contributed by atoms with Gasteiger partial charge in [-0.2, -0.15) is 0 Å². The highest BCUT2D eigenvalue weighted by molar-refractivity contribution is 5.15. The van der Waals surface area contributed by atoms with Crippen molar-refractivity contribution in [1.29, 1.82) is 0 Å². The molecule has 2 heteroatoms. The summed E-state index contributed by atoms with van der Waals surface area (Å²) in [4.78, 5) is 3.07. The van der Waals surface area contributed by atoms with Crippen molar-refractivity contribution in [3.8, 4) is 0 Å². The largest absolute Gasteiger partial charge is 0.397 e. The van der Waals surface area contributed by atoms with Crippen molar-refractivity contribution in [2.75, 3.05) is 6.61 Å². The fourth-order valence-electron chi connectivity index (χ4n) is 0.531. The van der Waals surface area contributed by atoms with Crippen molar-refractivity contribution in [2.24, 2.45) is 0 Å². The Morgan fingerprint density at radius 2 is 2.00 bits per heavy atom. The van der Waals surface area contributed by atoms with E-state index in [1.54, 1.807) is 6.92 Å². The number of nitrogens with one attached hydrogen (secondary N) is 1. The first kappa shape index (κ1) is 9.24. The first-order chi connectivity index (χ1) is 4.72. The van der Waals surface area contributed by atoms with Crippen LogP contribution in [0.4, 0.5) is 0 Å². The van der Waals surface area contributed by atoms with E-state index in [0.29, 0.717) is 0 Å². The Balaban J connectivity index is 0.000000236. The molecular formula is C8H15NO. The van der Waals surface area contributed by atoms with Gasteiger partial charge in [0.05, 0.1) is 0 Å². The summed E-state index contributed by atoms with van der Waals surface area (Å²) in [5.74, 6) is 0. The molecule has 1 heterocycles. The average Bonchev–Trinajstić information content (AvgIpc) is 2.19. The summed E-state index contributed by atoms with van der Waals surface area (Å²) in [5, 5.41) is 7.57. The molecule has 0 fully saturated rings. The first-order valence-electron chi connectivity index (χ1n) is 3.43. The van der Waals surface area contributed by atoms with Gasteiger partial charge in [0.25, 0.3) is 0 Å². The molecule has 0 unspecified atom stereocenters. The monoisotopic (exact) mass is 141 g/mol. The van der Waals surface area contributed by atoms with Crippen molar-refractivity contribution in [3.05, 3.63) is 23.5 Å². The van der Waals surface area contributed by atoms with Crippen molar-refractivity contribution in [1.82, 2.24) is 4.98 Å². The standard InChI is InChI=1S/C6H9N.C2H6O/c1-5-3-4-7-6(5)2;1-2-3/h3-4,7H,1-2H3;3H,2H2,1H3. The zero-order valence-corrected chi connectivity index (χ0v) is 6.81. The van der Waals surface area contributed by atoms with Gasteiger partial charge < -0.3 is 10.1 Å². The number of hydrogen-bond donors (Lipinski definition) is 2. The summed E-state index contributed by atoms with van der Waals surface area (Å²) in [6.45, 7) is 6.08. The van der Waals surface area contributed by atoms with Gasteiger partial charge >= 0.3 is 0 Å². The zero-order valence-electron chi connectivity index (χ0n) is 6.81. The average molecular weight is 141 g/mol. The van der Waals surface area contributed by atoms with Crippen LogP contribution in [0.15, 0.2) is 12.3 Å². The van der Waals surface area contributed by atoms with Crippen LogP contribution in [0.25, 0.3) is 0 Å². The summed E-state index contributed by atoms with van der Waals surface area (Å²) < 4.78 is 0. The van der Waals surface area contributed by atoms with E-state index in [1.807, 2.05) is 6.20 Å².